The fourth-order valence-corrected chi connectivity index (χ4v) is 2.67. The van der Waals surface area contributed by atoms with Gasteiger partial charge in [0.1, 0.15) is 17.2 Å². The maximum Gasteiger partial charge on any atom is 0.344 e. The van der Waals surface area contributed by atoms with E-state index in [0.717, 1.165) is 34.4 Å². The van der Waals surface area contributed by atoms with E-state index in [2.05, 4.69) is 10.1 Å². The summed E-state index contributed by atoms with van der Waals surface area (Å²) in [6, 6.07) is 6.16. The van der Waals surface area contributed by atoms with Crippen LogP contribution < -0.4 is 5.32 Å². The molecule has 1 amide bonds. The van der Waals surface area contributed by atoms with Crippen molar-refractivity contribution in [3.63, 3.8) is 0 Å². The molecule has 1 N–H and O–H groups in total. The first-order valence-corrected chi connectivity index (χ1v) is 7.67. The summed E-state index contributed by atoms with van der Waals surface area (Å²) in [5.74, 6) is -4.05. The minimum absolute atomic E-state index is 0.197. The zero-order chi connectivity index (χ0) is 17.7. The largest absolute Gasteiger partial charge is 0.454 e. The number of Topliss-reactive ketones (excluding diaryl/α,β-unsaturated/α-hetero) is 1. The molecule has 0 radical (unpaired) electrons. The Hall–Kier alpha value is -2.61. The van der Waals surface area contributed by atoms with Crippen molar-refractivity contribution in [3.05, 3.63) is 57.3 Å². The Labute approximate surface area is 140 Å². The predicted molar refractivity (Wildman–Crippen MR) is 82.8 cm³/mol. The minimum Gasteiger partial charge on any atom is -0.454 e. The lowest BCUT2D eigenvalue weighted by Gasteiger charge is -2.05. The third kappa shape index (κ3) is 4.45. The fraction of sp³-hybridized carbons (Fsp3) is 0.188. The number of esters is 1. The quantitative estimate of drug-likeness (QED) is 0.640. The van der Waals surface area contributed by atoms with Gasteiger partial charge in [0.15, 0.2) is 6.61 Å². The lowest BCUT2D eigenvalue weighted by molar-refractivity contribution is -0.119. The third-order valence-corrected chi connectivity index (χ3v) is 4.08. The molecule has 5 nitrogen and oxygen atoms in total. The number of benzene rings is 1. The predicted octanol–water partition coefficient (Wildman–Crippen LogP) is 2.70. The summed E-state index contributed by atoms with van der Waals surface area (Å²) >= 11 is 1.13. The van der Waals surface area contributed by atoms with Crippen LogP contribution in [-0.2, 0) is 16.1 Å². The molecule has 0 aliphatic carbocycles. The van der Waals surface area contributed by atoms with Crippen molar-refractivity contribution in [3.8, 4) is 0 Å². The van der Waals surface area contributed by atoms with E-state index in [-0.39, 0.29) is 12.5 Å². The van der Waals surface area contributed by atoms with Crippen molar-refractivity contribution in [1.29, 1.82) is 0 Å². The smallest absolute Gasteiger partial charge is 0.344 e. The van der Waals surface area contributed by atoms with Gasteiger partial charge in [0.25, 0.3) is 0 Å². The second-order valence-corrected chi connectivity index (χ2v) is 5.94. The lowest BCUT2D eigenvalue weighted by Crippen LogP contribution is -2.18. The second-order valence-electron chi connectivity index (χ2n) is 4.77. The van der Waals surface area contributed by atoms with Crippen LogP contribution in [0.15, 0.2) is 30.3 Å². The van der Waals surface area contributed by atoms with Gasteiger partial charge in [-0.3, -0.25) is 9.59 Å². The standard InChI is InChI=1S/C16H13F2NO4S/c1-9(20)19-7-10-5-6-14(24-10)13(21)8-23-16(22)15-11(17)3-2-4-12(15)18/h2-6H,7-8H2,1H3,(H,19,20). The van der Waals surface area contributed by atoms with Gasteiger partial charge in [-0.15, -0.1) is 11.3 Å². The van der Waals surface area contributed by atoms with E-state index in [1.165, 1.54) is 13.0 Å². The summed E-state index contributed by atoms with van der Waals surface area (Å²) in [6.07, 6.45) is 0. The zero-order valence-corrected chi connectivity index (χ0v) is 13.4. The van der Waals surface area contributed by atoms with E-state index in [9.17, 15) is 23.2 Å². The number of ketones is 1. The SMILES string of the molecule is CC(=O)NCc1ccc(C(=O)COC(=O)c2c(F)cccc2F)s1. The van der Waals surface area contributed by atoms with Gasteiger partial charge in [-0.25, -0.2) is 13.6 Å². The number of carbonyl (C=O) groups is 3. The van der Waals surface area contributed by atoms with Crippen LogP contribution in [0.1, 0.15) is 31.8 Å². The van der Waals surface area contributed by atoms with E-state index in [4.69, 9.17) is 0 Å². The molecule has 0 unspecified atom stereocenters. The normalized spacial score (nSPS) is 10.3. The first kappa shape index (κ1) is 17.7. The van der Waals surface area contributed by atoms with Crippen molar-refractivity contribution in [2.24, 2.45) is 0 Å². The Balaban J connectivity index is 1.96. The zero-order valence-electron chi connectivity index (χ0n) is 12.6. The Kier molecular flexibility index (Phi) is 5.75. The average Bonchev–Trinajstić information content (AvgIpc) is 2.99. The van der Waals surface area contributed by atoms with Gasteiger partial charge in [-0.1, -0.05) is 6.07 Å². The Morgan fingerprint density at radius 2 is 1.79 bits per heavy atom. The molecule has 0 aliphatic rings. The highest BCUT2D eigenvalue weighted by molar-refractivity contribution is 7.14. The summed E-state index contributed by atoms with van der Waals surface area (Å²) in [5.41, 5.74) is -0.831. The highest BCUT2D eigenvalue weighted by atomic mass is 32.1. The number of nitrogens with one attached hydrogen (secondary N) is 1. The van der Waals surface area contributed by atoms with Gasteiger partial charge in [0.05, 0.1) is 11.4 Å². The van der Waals surface area contributed by atoms with Crippen molar-refractivity contribution in [1.82, 2.24) is 5.32 Å². The number of ether oxygens (including phenoxy) is 1. The molecule has 1 aromatic heterocycles. The molecule has 1 heterocycles. The number of hydrogen-bond donors (Lipinski definition) is 1. The first-order chi connectivity index (χ1) is 11.4. The molecule has 2 rings (SSSR count). The average molecular weight is 353 g/mol. The third-order valence-electron chi connectivity index (χ3n) is 2.95. The number of halogens is 2. The summed E-state index contributed by atoms with van der Waals surface area (Å²) < 4.78 is 31.6. The molecular formula is C16H13F2NO4S. The molecule has 8 heteroatoms. The van der Waals surface area contributed by atoms with E-state index < -0.39 is 35.6 Å². The maximum atomic E-state index is 13.4. The molecule has 0 fully saturated rings. The van der Waals surface area contributed by atoms with Gasteiger partial charge < -0.3 is 10.1 Å². The molecule has 0 saturated carbocycles. The van der Waals surface area contributed by atoms with Crippen LogP contribution in [0.4, 0.5) is 8.78 Å². The van der Waals surface area contributed by atoms with E-state index in [1.54, 1.807) is 6.07 Å². The summed E-state index contributed by atoms with van der Waals surface area (Å²) in [5, 5.41) is 2.59. The topological polar surface area (TPSA) is 72.5 Å². The van der Waals surface area contributed by atoms with Crippen LogP contribution in [0.3, 0.4) is 0 Å². The Morgan fingerprint density at radius 1 is 1.12 bits per heavy atom. The maximum absolute atomic E-state index is 13.4. The molecule has 0 spiro atoms. The van der Waals surface area contributed by atoms with Crippen molar-refractivity contribution in [2.45, 2.75) is 13.5 Å². The van der Waals surface area contributed by atoms with Gasteiger partial charge in [-0.2, -0.15) is 0 Å². The highest BCUT2D eigenvalue weighted by Gasteiger charge is 2.20. The van der Waals surface area contributed by atoms with Gasteiger partial charge >= 0.3 is 5.97 Å². The monoisotopic (exact) mass is 353 g/mol. The summed E-state index contributed by atoms with van der Waals surface area (Å²) in [4.78, 5) is 35.6. The number of hydrogen-bond acceptors (Lipinski definition) is 5. The summed E-state index contributed by atoms with van der Waals surface area (Å²) in [7, 11) is 0. The van der Waals surface area contributed by atoms with Crippen LogP contribution in [-0.4, -0.2) is 24.3 Å². The van der Waals surface area contributed by atoms with Crippen molar-refractivity contribution < 1.29 is 27.9 Å². The lowest BCUT2D eigenvalue weighted by atomic mass is 10.2. The number of carbonyl (C=O) groups excluding carboxylic acids is 3. The molecule has 2 aromatic rings. The fourth-order valence-electron chi connectivity index (χ4n) is 1.80. The molecule has 0 atom stereocenters. The van der Waals surface area contributed by atoms with E-state index >= 15 is 0 Å². The van der Waals surface area contributed by atoms with E-state index in [1.807, 2.05) is 0 Å². The minimum atomic E-state index is -1.24. The van der Waals surface area contributed by atoms with Crippen LogP contribution in [0.5, 0.6) is 0 Å². The first-order valence-electron chi connectivity index (χ1n) is 6.86. The van der Waals surface area contributed by atoms with E-state index in [0.29, 0.717) is 4.88 Å². The van der Waals surface area contributed by atoms with Gasteiger partial charge in [-0.05, 0) is 24.3 Å². The molecule has 0 saturated heterocycles. The highest BCUT2D eigenvalue weighted by Crippen LogP contribution is 2.18. The van der Waals surface area contributed by atoms with Crippen molar-refractivity contribution >= 4 is 29.0 Å². The summed E-state index contributed by atoms with van der Waals surface area (Å²) in [6.45, 7) is 1.03. The number of thiophene rings is 1. The van der Waals surface area contributed by atoms with Crippen LogP contribution >= 0.6 is 11.3 Å². The Morgan fingerprint density at radius 3 is 2.42 bits per heavy atom. The molecule has 0 aliphatic heterocycles. The van der Waals surface area contributed by atoms with Gasteiger partial charge in [0, 0.05) is 11.8 Å². The molecular weight excluding hydrogens is 340 g/mol. The van der Waals surface area contributed by atoms with Gasteiger partial charge in [0.2, 0.25) is 11.7 Å². The number of rotatable bonds is 6. The molecule has 1 aromatic carbocycles. The van der Waals surface area contributed by atoms with Crippen LogP contribution in [0.25, 0.3) is 0 Å². The molecule has 24 heavy (non-hydrogen) atoms. The number of amides is 1. The molecule has 126 valence electrons. The van der Waals surface area contributed by atoms with Crippen LogP contribution in [0, 0.1) is 11.6 Å². The molecule has 0 bridgehead atoms. The Bertz CT molecular complexity index is 768. The van der Waals surface area contributed by atoms with Crippen LogP contribution in [0.2, 0.25) is 0 Å². The second kappa shape index (κ2) is 7.78. The van der Waals surface area contributed by atoms with Crippen molar-refractivity contribution in [2.75, 3.05) is 6.61 Å².